The lowest BCUT2D eigenvalue weighted by atomic mass is 9.89. The van der Waals surface area contributed by atoms with Gasteiger partial charge in [-0.25, -0.2) is 4.79 Å². The highest BCUT2D eigenvalue weighted by molar-refractivity contribution is 7.15. The third-order valence-electron chi connectivity index (χ3n) is 3.32. The standard InChI is InChI=1S/C14H17NO4S/c1-8-5-12(20-11(8)3-4-13(16)17)14(18)15-9-6-10(7-9)19-2/h3-5,9-10H,6-7H2,1-2H3,(H,15,18)(H,16,17)/b4-3+. The van der Waals surface area contributed by atoms with Gasteiger partial charge in [-0.2, -0.15) is 0 Å². The molecule has 20 heavy (non-hydrogen) atoms. The van der Waals surface area contributed by atoms with Gasteiger partial charge in [0, 0.05) is 24.1 Å². The summed E-state index contributed by atoms with van der Waals surface area (Å²) < 4.78 is 5.17. The summed E-state index contributed by atoms with van der Waals surface area (Å²) in [6, 6.07) is 1.96. The molecule has 0 spiro atoms. The van der Waals surface area contributed by atoms with Gasteiger partial charge in [0.05, 0.1) is 11.0 Å². The molecule has 0 bridgehead atoms. The lowest BCUT2D eigenvalue weighted by Crippen LogP contribution is -2.47. The van der Waals surface area contributed by atoms with Crippen LogP contribution in [0.5, 0.6) is 0 Å². The molecule has 1 aromatic rings. The van der Waals surface area contributed by atoms with Crippen LogP contribution in [0.4, 0.5) is 0 Å². The summed E-state index contributed by atoms with van der Waals surface area (Å²) in [5.41, 5.74) is 0.904. The molecule has 0 atom stereocenters. The number of thiophene rings is 1. The van der Waals surface area contributed by atoms with Crippen molar-refractivity contribution in [3.05, 3.63) is 27.5 Å². The molecule has 108 valence electrons. The Balaban J connectivity index is 1.97. The lowest BCUT2D eigenvalue weighted by Gasteiger charge is -2.34. The van der Waals surface area contributed by atoms with E-state index in [1.54, 1.807) is 13.2 Å². The monoisotopic (exact) mass is 295 g/mol. The number of rotatable bonds is 5. The third kappa shape index (κ3) is 3.46. The van der Waals surface area contributed by atoms with Crippen LogP contribution in [-0.2, 0) is 9.53 Å². The maximum Gasteiger partial charge on any atom is 0.328 e. The largest absolute Gasteiger partial charge is 0.478 e. The summed E-state index contributed by atoms with van der Waals surface area (Å²) in [4.78, 5) is 24.0. The highest BCUT2D eigenvalue weighted by atomic mass is 32.1. The van der Waals surface area contributed by atoms with Crippen molar-refractivity contribution in [3.8, 4) is 0 Å². The van der Waals surface area contributed by atoms with Gasteiger partial charge in [-0.1, -0.05) is 0 Å². The van der Waals surface area contributed by atoms with Gasteiger partial charge < -0.3 is 15.2 Å². The molecule has 1 amide bonds. The predicted molar refractivity (Wildman–Crippen MR) is 77.0 cm³/mol. The van der Waals surface area contributed by atoms with Crippen molar-refractivity contribution in [1.29, 1.82) is 0 Å². The van der Waals surface area contributed by atoms with Crippen LogP contribution in [0.15, 0.2) is 12.1 Å². The molecule has 1 aliphatic rings. The van der Waals surface area contributed by atoms with E-state index in [0.717, 1.165) is 29.4 Å². The topological polar surface area (TPSA) is 75.6 Å². The number of aliphatic carboxylic acids is 1. The van der Waals surface area contributed by atoms with Crippen LogP contribution in [0.1, 0.15) is 33.0 Å². The molecule has 1 fully saturated rings. The van der Waals surface area contributed by atoms with Crippen LogP contribution in [0.3, 0.4) is 0 Å². The Morgan fingerprint density at radius 2 is 2.20 bits per heavy atom. The zero-order chi connectivity index (χ0) is 14.7. The highest BCUT2D eigenvalue weighted by Crippen LogP contribution is 2.26. The van der Waals surface area contributed by atoms with Crippen molar-refractivity contribution in [2.75, 3.05) is 7.11 Å². The second kappa shape index (κ2) is 6.19. The summed E-state index contributed by atoms with van der Waals surface area (Å²) in [5, 5.41) is 11.6. The second-order valence-corrected chi connectivity index (χ2v) is 5.91. The molecule has 1 heterocycles. The van der Waals surface area contributed by atoms with Gasteiger partial charge in [0.2, 0.25) is 0 Å². The van der Waals surface area contributed by atoms with E-state index in [4.69, 9.17) is 9.84 Å². The molecule has 1 saturated carbocycles. The summed E-state index contributed by atoms with van der Waals surface area (Å²) >= 11 is 1.30. The van der Waals surface area contributed by atoms with Crippen LogP contribution >= 0.6 is 11.3 Å². The highest BCUT2D eigenvalue weighted by Gasteiger charge is 2.30. The Bertz CT molecular complexity index is 543. The molecular weight excluding hydrogens is 278 g/mol. The van der Waals surface area contributed by atoms with Crippen LogP contribution < -0.4 is 5.32 Å². The van der Waals surface area contributed by atoms with Gasteiger partial charge in [-0.3, -0.25) is 4.79 Å². The van der Waals surface area contributed by atoms with Gasteiger partial charge in [0.1, 0.15) is 0 Å². The average molecular weight is 295 g/mol. The normalized spacial score (nSPS) is 21.7. The number of aryl methyl sites for hydroxylation is 1. The number of hydrogen-bond acceptors (Lipinski definition) is 4. The fraction of sp³-hybridized carbons (Fsp3) is 0.429. The lowest BCUT2D eigenvalue weighted by molar-refractivity contribution is -0.131. The number of carbonyl (C=O) groups is 2. The molecule has 0 aromatic carbocycles. The van der Waals surface area contributed by atoms with Crippen molar-refractivity contribution in [2.45, 2.75) is 31.9 Å². The van der Waals surface area contributed by atoms with E-state index >= 15 is 0 Å². The average Bonchev–Trinajstić information content (AvgIpc) is 2.72. The first-order valence-corrected chi connectivity index (χ1v) is 7.16. The minimum Gasteiger partial charge on any atom is -0.478 e. The first-order valence-electron chi connectivity index (χ1n) is 6.34. The Kier molecular flexibility index (Phi) is 4.57. The SMILES string of the molecule is COC1CC(NC(=O)c2cc(C)c(/C=C/C(=O)O)s2)C1. The van der Waals surface area contributed by atoms with Crippen molar-refractivity contribution in [1.82, 2.24) is 5.32 Å². The first kappa shape index (κ1) is 14.7. The van der Waals surface area contributed by atoms with E-state index in [-0.39, 0.29) is 18.1 Å². The number of methoxy groups -OCH3 is 1. The minimum absolute atomic E-state index is 0.104. The van der Waals surface area contributed by atoms with Gasteiger partial charge >= 0.3 is 5.97 Å². The molecule has 1 aliphatic carbocycles. The second-order valence-electron chi connectivity index (χ2n) is 4.83. The Hall–Kier alpha value is -1.66. The quantitative estimate of drug-likeness (QED) is 0.815. The molecule has 1 aromatic heterocycles. The van der Waals surface area contributed by atoms with E-state index in [9.17, 15) is 9.59 Å². The van der Waals surface area contributed by atoms with Crippen LogP contribution in [0.2, 0.25) is 0 Å². The van der Waals surface area contributed by atoms with Crippen LogP contribution in [-0.4, -0.2) is 36.2 Å². The predicted octanol–water partition coefficient (Wildman–Crippen LogP) is 2.06. The van der Waals surface area contributed by atoms with Crippen molar-refractivity contribution in [2.24, 2.45) is 0 Å². The van der Waals surface area contributed by atoms with Gasteiger partial charge in [-0.05, 0) is 37.5 Å². The van der Waals surface area contributed by atoms with Gasteiger partial charge in [-0.15, -0.1) is 11.3 Å². The first-order chi connectivity index (χ1) is 9.49. The summed E-state index contributed by atoms with van der Waals surface area (Å²) in [6.07, 6.45) is 4.54. The molecule has 2 N–H and O–H groups in total. The molecule has 5 nitrogen and oxygen atoms in total. The molecular formula is C14H17NO4S. The van der Waals surface area contributed by atoms with E-state index in [1.807, 2.05) is 6.92 Å². The molecule has 0 radical (unpaired) electrons. The number of carboxylic acids is 1. The molecule has 6 heteroatoms. The Labute approximate surface area is 121 Å². The summed E-state index contributed by atoms with van der Waals surface area (Å²) in [6.45, 7) is 1.86. The fourth-order valence-electron chi connectivity index (χ4n) is 2.05. The molecule has 0 unspecified atom stereocenters. The maximum absolute atomic E-state index is 12.1. The summed E-state index contributed by atoms with van der Waals surface area (Å²) in [7, 11) is 1.67. The number of ether oxygens (including phenoxy) is 1. The van der Waals surface area contributed by atoms with E-state index in [2.05, 4.69) is 5.32 Å². The van der Waals surface area contributed by atoms with Gasteiger partial charge in [0.25, 0.3) is 5.91 Å². The molecule has 0 aliphatic heterocycles. The number of hydrogen-bond donors (Lipinski definition) is 2. The number of nitrogens with one attached hydrogen (secondary N) is 1. The van der Waals surface area contributed by atoms with Gasteiger partial charge in [0.15, 0.2) is 0 Å². The number of carbonyl (C=O) groups excluding carboxylic acids is 1. The Morgan fingerprint density at radius 1 is 1.50 bits per heavy atom. The third-order valence-corrected chi connectivity index (χ3v) is 4.52. The number of carboxylic acid groups (broad SMARTS) is 1. The molecule has 0 saturated heterocycles. The van der Waals surface area contributed by atoms with Crippen LogP contribution in [0, 0.1) is 6.92 Å². The zero-order valence-electron chi connectivity index (χ0n) is 11.4. The molecule has 2 rings (SSSR count). The summed E-state index contributed by atoms with van der Waals surface area (Å²) in [5.74, 6) is -1.10. The zero-order valence-corrected chi connectivity index (χ0v) is 12.2. The van der Waals surface area contributed by atoms with E-state index < -0.39 is 5.97 Å². The van der Waals surface area contributed by atoms with Crippen molar-refractivity contribution in [3.63, 3.8) is 0 Å². The van der Waals surface area contributed by atoms with Crippen molar-refractivity contribution >= 4 is 29.3 Å². The van der Waals surface area contributed by atoms with E-state index in [1.165, 1.54) is 17.4 Å². The maximum atomic E-state index is 12.1. The number of amides is 1. The van der Waals surface area contributed by atoms with Crippen LogP contribution in [0.25, 0.3) is 6.08 Å². The fourth-order valence-corrected chi connectivity index (χ4v) is 3.03. The Morgan fingerprint density at radius 3 is 2.80 bits per heavy atom. The van der Waals surface area contributed by atoms with Crippen molar-refractivity contribution < 1.29 is 19.4 Å². The smallest absolute Gasteiger partial charge is 0.328 e. The minimum atomic E-state index is -0.996. The van der Waals surface area contributed by atoms with E-state index in [0.29, 0.717) is 4.88 Å².